The molecular weight excluding hydrogens is 222 g/mol. The van der Waals surface area contributed by atoms with E-state index >= 15 is 0 Å². The lowest BCUT2D eigenvalue weighted by Gasteiger charge is -2.15. The molecular formula is C11H21N3O3. The number of amides is 3. The molecule has 98 valence electrons. The fourth-order valence-corrected chi connectivity index (χ4v) is 1.52. The number of urea groups is 1. The summed E-state index contributed by atoms with van der Waals surface area (Å²) in [5.74, 6) is -0.164. The van der Waals surface area contributed by atoms with Crippen LogP contribution in [0.5, 0.6) is 0 Å². The Kier molecular flexibility index (Phi) is 4.74. The van der Waals surface area contributed by atoms with Gasteiger partial charge in [0.05, 0.1) is 13.2 Å². The van der Waals surface area contributed by atoms with Crippen molar-refractivity contribution in [2.24, 2.45) is 5.41 Å². The summed E-state index contributed by atoms with van der Waals surface area (Å²) in [6, 6.07) is -0.266. The molecule has 0 bridgehead atoms. The minimum Gasteiger partial charge on any atom is -0.384 e. The SMILES string of the molecule is COCC1(CNC(=O)CNC(=O)N(C)C)CC1. The molecule has 0 heterocycles. The van der Waals surface area contributed by atoms with E-state index in [0.717, 1.165) is 12.8 Å². The van der Waals surface area contributed by atoms with Gasteiger partial charge in [0, 0.05) is 33.2 Å². The van der Waals surface area contributed by atoms with Crippen molar-refractivity contribution in [3.05, 3.63) is 0 Å². The van der Waals surface area contributed by atoms with Crippen molar-refractivity contribution < 1.29 is 14.3 Å². The third kappa shape index (κ3) is 4.60. The maximum absolute atomic E-state index is 11.5. The van der Waals surface area contributed by atoms with E-state index in [1.165, 1.54) is 4.90 Å². The highest BCUT2D eigenvalue weighted by molar-refractivity contribution is 5.83. The van der Waals surface area contributed by atoms with Gasteiger partial charge < -0.3 is 20.3 Å². The molecule has 0 unspecified atom stereocenters. The molecule has 0 spiro atoms. The summed E-state index contributed by atoms with van der Waals surface area (Å²) < 4.78 is 5.10. The highest BCUT2D eigenvalue weighted by Gasteiger charge is 2.42. The molecule has 1 saturated carbocycles. The predicted molar refractivity (Wildman–Crippen MR) is 63.6 cm³/mol. The Morgan fingerprint density at radius 3 is 2.41 bits per heavy atom. The van der Waals surface area contributed by atoms with Crippen LogP contribution in [0.25, 0.3) is 0 Å². The third-order valence-electron chi connectivity index (χ3n) is 2.87. The molecule has 3 amide bonds. The van der Waals surface area contributed by atoms with Gasteiger partial charge in [0.25, 0.3) is 0 Å². The molecule has 0 aromatic heterocycles. The fourth-order valence-electron chi connectivity index (χ4n) is 1.52. The monoisotopic (exact) mass is 243 g/mol. The molecule has 1 fully saturated rings. The van der Waals surface area contributed by atoms with Crippen molar-refractivity contribution in [1.29, 1.82) is 0 Å². The normalized spacial score (nSPS) is 16.2. The van der Waals surface area contributed by atoms with Crippen molar-refractivity contribution in [2.75, 3.05) is 40.9 Å². The summed E-state index contributed by atoms with van der Waals surface area (Å²) in [5.41, 5.74) is 0.135. The molecule has 0 aromatic rings. The number of carbonyl (C=O) groups excluding carboxylic acids is 2. The van der Waals surface area contributed by atoms with Gasteiger partial charge in [-0.3, -0.25) is 4.79 Å². The number of rotatable bonds is 6. The zero-order chi connectivity index (χ0) is 12.9. The molecule has 6 nitrogen and oxygen atoms in total. The summed E-state index contributed by atoms with van der Waals surface area (Å²) in [6.45, 7) is 1.31. The summed E-state index contributed by atoms with van der Waals surface area (Å²) in [7, 11) is 4.93. The Labute approximate surface area is 102 Å². The van der Waals surface area contributed by atoms with Gasteiger partial charge in [-0.2, -0.15) is 0 Å². The molecule has 1 aliphatic carbocycles. The van der Waals surface area contributed by atoms with Crippen LogP contribution in [0.1, 0.15) is 12.8 Å². The molecule has 1 rings (SSSR count). The van der Waals surface area contributed by atoms with Gasteiger partial charge in [0.2, 0.25) is 5.91 Å². The van der Waals surface area contributed by atoms with Gasteiger partial charge in [-0.05, 0) is 12.8 Å². The molecule has 1 aliphatic rings. The molecule has 0 aromatic carbocycles. The number of nitrogens with zero attached hydrogens (tertiary/aromatic N) is 1. The first-order valence-electron chi connectivity index (χ1n) is 5.70. The second-order valence-corrected chi connectivity index (χ2v) is 4.76. The smallest absolute Gasteiger partial charge is 0.317 e. The van der Waals surface area contributed by atoms with Crippen LogP contribution in [0.2, 0.25) is 0 Å². The van der Waals surface area contributed by atoms with Crippen LogP contribution in [0, 0.1) is 5.41 Å². The average Bonchev–Trinajstić information content (AvgIpc) is 3.04. The van der Waals surface area contributed by atoms with Crippen LogP contribution in [0.15, 0.2) is 0 Å². The van der Waals surface area contributed by atoms with E-state index in [0.29, 0.717) is 13.2 Å². The molecule has 0 aliphatic heterocycles. The van der Waals surface area contributed by atoms with E-state index < -0.39 is 0 Å². The Hall–Kier alpha value is -1.30. The number of hydrogen-bond donors (Lipinski definition) is 2. The maximum atomic E-state index is 11.5. The molecule has 6 heteroatoms. The van der Waals surface area contributed by atoms with Crippen molar-refractivity contribution in [2.45, 2.75) is 12.8 Å². The average molecular weight is 243 g/mol. The number of ether oxygens (including phenoxy) is 1. The molecule has 0 radical (unpaired) electrons. The van der Waals surface area contributed by atoms with E-state index in [9.17, 15) is 9.59 Å². The summed E-state index contributed by atoms with van der Waals surface area (Å²) in [6.07, 6.45) is 2.18. The number of carbonyl (C=O) groups is 2. The Balaban J connectivity index is 2.15. The lowest BCUT2D eigenvalue weighted by Crippen LogP contribution is -2.43. The molecule has 0 atom stereocenters. The van der Waals surface area contributed by atoms with Crippen LogP contribution < -0.4 is 10.6 Å². The van der Waals surface area contributed by atoms with Gasteiger partial charge >= 0.3 is 6.03 Å². The maximum Gasteiger partial charge on any atom is 0.317 e. The fraction of sp³-hybridized carbons (Fsp3) is 0.818. The summed E-state index contributed by atoms with van der Waals surface area (Å²) in [4.78, 5) is 24.0. The van der Waals surface area contributed by atoms with E-state index in [2.05, 4.69) is 10.6 Å². The van der Waals surface area contributed by atoms with Crippen molar-refractivity contribution >= 4 is 11.9 Å². The van der Waals surface area contributed by atoms with E-state index in [1.807, 2.05) is 0 Å². The van der Waals surface area contributed by atoms with Gasteiger partial charge in [-0.25, -0.2) is 4.79 Å². The minimum atomic E-state index is -0.266. The van der Waals surface area contributed by atoms with E-state index in [-0.39, 0.29) is 23.9 Å². The van der Waals surface area contributed by atoms with Gasteiger partial charge in [-0.1, -0.05) is 0 Å². The van der Waals surface area contributed by atoms with E-state index in [4.69, 9.17) is 4.74 Å². The Morgan fingerprint density at radius 2 is 1.94 bits per heavy atom. The van der Waals surface area contributed by atoms with E-state index in [1.54, 1.807) is 21.2 Å². The first-order chi connectivity index (χ1) is 7.99. The van der Waals surface area contributed by atoms with Crippen LogP contribution in [0.4, 0.5) is 4.79 Å². The zero-order valence-corrected chi connectivity index (χ0v) is 10.7. The highest BCUT2D eigenvalue weighted by atomic mass is 16.5. The highest BCUT2D eigenvalue weighted by Crippen LogP contribution is 2.44. The van der Waals surface area contributed by atoms with Crippen LogP contribution in [-0.2, 0) is 9.53 Å². The Bertz CT molecular complexity index is 288. The first-order valence-corrected chi connectivity index (χ1v) is 5.70. The largest absolute Gasteiger partial charge is 0.384 e. The van der Waals surface area contributed by atoms with Crippen LogP contribution >= 0.6 is 0 Å². The lowest BCUT2D eigenvalue weighted by molar-refractivity contribution is -0.120. The van der Waals surface area contributed by atoms with Crippen LogP contribution in [0.3, 0.4) is 0 Å². The Morgan fingerprint density at radius 1 is 1.29 bits per heavy atom. The van der Waals surface area contributed by atoms with Gasteiger partial charge in [0.1, 0.15) is 0 Å². The molecule has 17 heavy (non-hydrogen) atoms. The standard InChI is InChI=1S/C11H21N3O3/c1-14(2)10(16)12-6-9(15)13-7-11(4-5-11)8-17-3/h4-8H2,1-3H3,(H,12,16)(H,13,15). The zero-order valence-electron chi connectivity index (χ0n) is 10.7. The predicted octanol–water partition coefficient (Wildman–Crippen LogP) is -0.200. The number of methoxy groups -OCH3 is 1. The van der Waals surface area contributed by atoms with Crippen molar-refractivity contribution in [3.63, 3.8) is 0 Å². The topological polar surface area (TPSA) is 70.7 Å². The third-order valence-corrected chi connectivity index (χ3v) is 2.87. The number of nitrogens with one attached hydrogen (secondary N) is 2. The van der Waals surface area contributed by atoms with Crippen LogP contribution in [-0.4, -0.2) is 57.7 Å². The van der Waals surface area contributed by atoms with Gasteiger partial charge in [0.15, 0.2) is 0 Å². The first kappa shape index (κ1) is 13.8. The molecule has 2 N–H and O–H groups in total. The van der Waals surface area contributed by atoms with Crippen molar-refractivity contribution in [3.8, 4) is 0 Å². The second kappa shape index (κ2) is 5.86. The lowest BCUT2D eigenvalue weighted by atomic mass is 10.1. The summed E-state index contributed by atoms with van der Waals surface area (Å²) >= 11 is 0. The molecule has 0 saturated heterocycles. The summed E-state index contributed by atoms with van der Waals surface area (Å²) in [5, 5.41) is 5.33. The quantitative estimate of drug-likeness (QED) is 0.678. The number of hydrogen-bond acceptors (Lipinski definition) is 3. The minimum absolute atomic E-state index is 0.0140. The second-order valence-electron chi connectivity index (χ2n) is 4.76. The van der Waals surface area contributed by atoms with Gasteiger partial charge in [-0.15, -0.1) is 0 Å². The van der Waals surface area contributed by atoms with Crippen molar-refractivity contribution in [1.82, 2.24) is 15.5 Å².